The minimum Gasteiger partial charge on any atom is -0.393 e. The molecule has 0 aromatic heterocycles. The Kier molecular flexibility index (Phi) is 3.18. The van der Waals surface area contributed by atoms with Gasteiger partial charge in [0.25, 0.3) is 0 Å². The van der Waals surface area contributed by atoms with E-state index in [-0.39, 0.29) is 29.1 Å². The van der Waals surface area contributed by atoms with Crippen LogP contribution in [0.15, 0.2) is 23.8 Å². The van der Waals surface area contributed by atoms with E-state index >= 15 is 0 Å². The monoisotopic (exact) mass is 303 g/mol. The number of aliphatic hydroxyl groups excluding tert-OH is 2. The van der Waals surface area contributed by atoms with E-state index in [9.17, 15) is 10.2 Å². The van der Waals surface area contributed by atoms with Gasteiger partial charge in [0.2, 0.25) is 0 Å². The molecular formula is C19H29NO2. The van der Waals surface area contributed by atoms with Gasteiger partial charge in [-0.2, -0.15) is 0 Å². The van der Waals surface area contributed by atoms with Crippen LogP contribution in [0.3, 0.4) is 0 Å². The molecule has 3 nitrogen and oxygen atoms in total. The standard InChI is InChI=1S/C19H29NO2/c1-18-7-5-12(21)9-11(18)10-15(20)17-13-3-4-16(22)19(13,2)8-6-14(17)18/h5,7,10,12-17,21-22H,3-4,6,8-9,20H2,1-2H3/t12?,13-,14+,15?,16?,17-,18-,19-/m0/s1. The molecule has 0 aromatic carbocycles. The molecule has 0 spiro atoms. The Balaban J connectivity index is 1.76. The molecule has 0 amide bonds. The van der Waals surface area contributed by atoms with Crippen molar-refractivity contribution in [2.45, 2.75) is 64.2 Å². The summed E-state index contributed by atoms with van der Waals surface area (Å²) in [5.41, 5.74) is 8.03. The molecule has 0 heterocycles. The second kappa shape index (κ2) is 4.68. The lowest BCUT2D eigenvalue weighted by Crippen LogP contribution is -2.56. The first kappa shape index (κ1) is 14.9. The number of rotatable bonds is 0. The fourth-order valence-electron chi connectivity index (χ4n) is 6.29. The second-order valence-electron chi connectivity index (χ2n) is 8.61. The van der Waals surface area contributed by atoms with Crippen LogP contribution in [0.1, 0.15) is 46.0 Å². The number of aliphatic hydroxyl groups is 2. The van der Waals surface area contributed by atoms with E-state index in [2.05, 4.69) is 26.0 Å². The third-order valence-corrected chi connectivity index (χ3v) is 7.68. The van der Waals surface area contributed by atoms with E-state index < -0.39 is 0 Å². The van der Waals surface area contributed by atoms with Crippen LogP contribution in [0.25, 0.3) is 0 Å². The fraction of sp³-hybridized carbons (Fsp3) is 0.789. The summed E-state index contributed by atoms with van der Waals surface area (Å²) in [5, 5.41) is 20.5. The number of allylic oxidation sites excluding steroid dienone is 1. The molecule has 2 fully saturated rings. The highest BCUT2D eigenvalue weighted by Crippen LogP contribution is 2.63. The van der Waals surface area contributed by atoms with Crippen molar-refractivity contribution in [3.63, 3.8) is 0 Å². The first-order valence-corrected chi connectivity index (χ1v) is 8.88. The predicted molar refractivity (Wildman–Crippen MR) is 87.0 cm³/mol. The quantitative estimate of drug-likeness (QED) is 0.602. The Bertz CT molecular complexity index is 542. The molecule has 8 atom stereocenters. The third-order valence-electron chi connectivity index (χ3n) is 7.68. The lowest BCUT2D eigenvalue weighted by atomic mass is 9.48. The van der Waals surface area contributed by atoms with Gasteiger partial charge in [0.05, 0.1) is 12.2 Å². The summed E-state index contributed by atoms with van der Waals surface area (Å²) in [6.45, 7) is 4.61. The van der Waals surface area contributed by atoms with Gasteiger partial charge in [0.1, 0.15) is 0 Å². The molecule has 4 aliphatic carbocycles. The molecule has 4 N–H and O–H groups in total. The van der Waals surface area contributed by atoms with Gasteiger partial charge in [-0.15, -0.1) is 0 Å². The average Bonchev–Trinajstić information content (AvgIpc) is 2.77. The van der Waals surface area contributed by atoms with Crippen LogP contribution in [0.5, 0.6) is 0 Å². The summed E-state index contributed by atoms with van der Waals surface area (Å²) in [4.78, 5) is 0. The molecule has 0 bridgehead atoms. The van der Waals surface area contributed by atoms with Crippen molar-refractivity contribution < 1.29 is 10.2 Å². The highest BCUT2D eigenvalue weighted by Gasteiger charge is 2.59. The van der Waals surface area contributed by atoms with Crippen LogP contribution in [0.2, 0.25) is 0 Å². The van der Waals surface area contributed by atoms with Crippen molar-refractivity contribution in [2.24, 2.45) is 34.3 Å². The Morgan fingerprint density at radius 1 is 1.14 bits per heavy atom. The number of hydrogen-bond acceptors (Lipinski definition) is 3. The zero-order valence-electron chi connectivity index (χ0n) is 13.7. The average molecular weight is 303 g/mol. The van der Waals surface area contributed by atoms with Gasteiger partial charge in [-0.1, -0.05) is 37.6 Å². The molecule has 0 saturated heterocycles. The van der Waals surface area contributed by atoms with E-state index in [1.54, 1.807) is 0 Å². The van der Waals surface area contributed by atoms with Gasteiger partial charge in [-0.05, 0) is 55.3 Å². The van der Waals surface area contributed by atoms with E-state index in [0.717, 1.165) is 32.1 Å². The summed E-state index contributed by atoms with van der Waals surface area (Å²) in [5.74, 6) is 1.55. The first-order chi connectivity index (χ1) is 10.4. The van der Waals surface area contributed by atoms with Gasteiger partial charge in [0.15, 0.2) is 0 Å². The van der Waals surface area contributed by atoms with Crippen molar-refractivity contribution in [3.05, 3.63) is 23.8 Å². The molecule has 0 aromatic rings. The summed E-state index contributed by atoms with van der Waals surface area (Å²) in [7, 11) is 0. The van der Waals surface area contributed by atoms with Crippen molar-refractivity contribution >= 4 is 0 Å². The maximum atomic E-state index is 10.5. The van der Waals surface area contributed by atoms with Crippen LogP contribution in [0.4, 0.5) is 0 Å². The Labute approximate surface area is 133 Å². The molecule has 122 valence electrons. The molecule has 22 heavy (non-hydrogen) atoms. The van der Waals surface area contributed by atoms with Crippen molar-refractivity contribution in [3.8, 4) is 0 Å². The zero-order valence-corrected chi connectivity index (χ0v) is 13.7. The van der Waals surface area contributed by atoms with Crippen LogP contribution in [-0.4, -0.2) is 28.5 Å². The van der Waals surface area contributed by atoms with Crippen LogP contribution < -0.4 is 5.73 Å². The van der Waals surface area contributed by atoms with Crippen LogP contribution >= 0.6 is 0 Å². The molecule has 2 saturated carbocycles. The topological polar surface area (TPSA) is 66.5 Å². The molecule has 4 aliphatic rings. The number of fused-ring (bicyclic) bond motifs is 5. The summed E-state index contributed by atoms with van der Waals surface area (Å²) < 4.78 is 0. The molecule has 0 aliphatic heterocycles. The lowest BCUT2D eigenvalue weighted by Gasteiger charge is -2.57. The van der Waals surface area contributed by atoms with E-state index in [1.807, 2.05) is 6.08 Å². The summed E-state index contributed by atoms with van der Waals surface area (Å²) in [6.07, 6.45) is 10.9. The van der Waals surface area contributed by atoms with Crippen molar-refractivity contribution in [1.82, 2.24) is 0 Å². The highest BCUT2D eigenvalue weighted by atomic mass is 16.3. The van der Waals surface area contributed by atoms with Gasteiger partial charge in [0, 0.05) is 11.5 Å². The minimum absolute atomic E-state index is 0.0502. The highest BCUT2D eigenvalue weighted by molar-refractivity contribution is 5.35. The van der Waals surface area contributed by atoms with E-state index in [0.29, 0.717) is 17.8 Å². The largest absolute Gasteiger partial charge is 0.393 e. The summed E-state index contributed by atoms with van der Waals surface area (Å²) >= 11 is 0. The molecule has 4 rings (SSSR count). The lowest BCUT2D eigenvalue weighted by molar-refractivity contribution is -0.0601. The number of hydrogen-bond donors (Lipinski definition) is 3. The molecule has 3 heteroatoms. The molecule has 0 radical (unpaired) electrons. The number of nitrogens with two attached hydrogens (primary N) is 1. The van der Waals surface area contributed by atoms with Gasteiger partial charge in [-0.25, -0.2) is 0 Å². The SMILES string of the molecule is C[C@]12C=CC(O)CC1=CC(N)[C@@H]1[C@H]2CC[C@]2(C)C(O)CC[C@@H]12. The van der Waals surface area contributed by atoms with Gasteiger partial charge < -0.3 is 15.9 Å². The Morgan fingerprint density at radius 3 is 2.68 bits per heavy atom. The Morgan fingerprint density at radius 2 is 1.91 bits per heavy atom. The maximum absolute atomic E-state index is 10.5. The van der Waals surface area contributed by atoms with E-state index in [4.69, 9.17) is 5.73 Å². The normalized spacial score (nSPS) is 56.9. The van der Waals surface area contributed by atoms with Gasteiger partial charge >= 0.3 is 0 Å². The van der Waals surface area contributed by atoms with Crippen LogP contribution in [-0.2, 0) is 0 Å². The zero-order chi connectivity index (χ0) is 15.7. The molecular weight excluding hydrogens is 274 g/mol. The van der Waals surface area contributed by atoms with Crippen molar-refractivity contribution in [1.29, 1.82) is 0 Å². The Hall–Kier alpha value is -0.640. The summed E-state index contributed by atoms with van der Waals surface area (Å²) in [6, 6.07) is 0.0710. The maximum Gasteiger partial charge on any atom is 0.0758 e. The predicted octanol–water partition coefficient (Wildman–Crippen LogP) is 2.38. The second-order valence-corrected chi connectivity index (χ2v) is 8.61. The molecule has 3 unspecified atom stereocenters. The minimum atomic E-state index is -0.356. The first-order valence-electron chi connectivity index (χ1n) is 8.88. The third kappa shape index (κ3) is 1.79. The fourth-order valence-corrected chi connectivity index (χ4v) is 6.29. The van der Waals surface area contributed by atoms with Crippen LogP contribution in [0, 0.1) is 28.6 Å². The smallest absolute Gasteiger partial charge is 0.0758 e. The van der Waals surface area contributed by atoms with Crippen molar-refractivity contribution in [2.75, 3.05) is 0 Å². The van der Waals surface area contributed by atoms with E-state index in [1.165, 1.54) is 5.57 Å². The van der Waals surface area contributed by atoms with Gasteiger partial charge in [-0.3, -0.25) is 0 Å².